The number of benzene rings is 1. The van der Waals surface area contributed by atoms with Gasteiger partial charge in [-0.2, -0.15) is 0 Å². The number of anilines is 1. The van der Waals surface area contributed by atoms with Gasteiger partial charge in [0.25, 0.3) is 0 Å². The van der Waals surface area contributed by atoms with Crippen molar-refractivity contribution in [3.05, 3.63) is 23.2 Å². The van der Waals surface area contributed by atoms with E-state index in [1.807, 2.05) is 12.1 Å². The summed E-state index contributed by atoms with van der Waals surface area (Å²) in [5.41, 5.74) is 6.36. The molecule has 0 radical (unpaired) electrons. The maximum absolute atomic E-state index is 6.15. The van der Waals surface area contributed by atoms with Crippen LogP contribution in [0, 0.1) is 0 Å². The molecule has 98 valence electrons. The summed E-state index contributed by atoms with van der Waals surface area (Å²) in [7, 11) is 2.23. The zero-order chi connectivity index (χ0) is 12.7. The van der Waals surface area contributed by atoms with Gasteiger partial charge in [-0.05, 0) is 50.9 Å². The Balaban J connectivity index is 1.70. The Morgan fingerprint density at radius 1 is 1.28 bits per heavy atom. The highest BCUT2D eigenvalue weighted by molar-refractivity contribution is 6.32. The number of nitrogen functional groups attached to an aromatic ring is 1. The second-order valence-electron chi connectivity index (χ2n) is 5.45. The smallest absolute Gasteiger partial charge is 0.138 e. The Morgan fingerprint density at radius 3 is 2.56 bits per heavy atom. The first-order valence-electron chi connectivity index (χ1n) is 6.57. The molecule has 2 N–H and O–H groups in total. The van der Waals surface area contributed by atoms with Crippen molar-refractivity contribution in [1.82, 2.24) is 4.90 Å². The van der Waals surface area contributed by atoms with E-state index in [0.29, 0.717) is 28.9 Å². The summed E-state index contributed by atoms with van der Waals surface area (Å²) in [4.78, 5) is 2.50. The van der Waals surface area contributed by atoms with Crippen molar-refractivity contribution < 1.29 is 4.74 Å². The van der Waals surface area contributed by atoms with Crippen LogP contribution in [0.4, 0.5) is 5.69 Å². The lowest BCUT2D eigenvalue weighted by Gasteiger charge is -2.36. The molecule has 0 aromatic heterocycles. The van der Waals surface area contributed by atoms with Crippen LogP contribution in [0.15, 0.2) is 18.2 Å². The third kappa shape index (κ3) is 2.17. The Hall–Kier alpha value is -0.930. The Bertz CT molecular complexity index is 437. The second-order valence-corrected chi connectivity index (χ2v) is 5.86. The van der Waals surface area contributed by atoms with Gasteiger partial charge in [0.2, 0.25) is 0 Å². The predicted octanol–water partition coefficient (Wildman–Crippen LogP) is 2.93. The number of hydrogen-bond donors (Lipinski definition) is 1. The van der Waals surface area contributed by atoms with E-state index in [1.54, 1.807) is 6.07 Å². The SMILES string of the molecule is CN1[C@@H]2CC[C@H]1CC(Oc1ccc(N)cc1Cl)C2. The summed E-state index contributed by atoms with van der Waals surface area (Å²) in [6, 6.07) is 6.82. The molecule has 0 spiro atoms. The van der Waals surface area contributed by atoms with E-state index in [2.05, 4.69) is 11.9 Å². The molecule has 0 aliphatic carbocycles. The van der Waals surface area contributed by atoms with Gasteiger partial charge in [0, 0.05) is 17.8 Å². The van der Waals surface area contributed by atoms with Crippen LogP contribution < -0.4 is 10.5 Å². The Morgan fingerprint density at radius 2 is 1.94 bits per heavy atom. The lowest BCUT2D eigenvalue weighted by molar-refractivity contribution is 0.0662. The summed E-state index contributed by atoms with van der Waals surface area (Å²) in [5.74, 6) is 0.764. The molecule has 3 atom stereocenters. The lowest BCUT2D eigenvalue weighted by Crippen LogP contribution is -2.43. The van der Waals surface area contributed by atoms with E-state index >= 15 is 0 Å². The van der Waals surface area contributed by atoms with Crippen LogP contribution in [-0.2, 0) is 0 Å². The normalized spacial score (nSPS) is 31.6. The number of nitrogens with two attached hydrogens (primary N) is 1. The molecule has 18 heavy (non-hydrogen) atoms. The van der Waals surface area contributed by atoms with E-state index in [9.17, 15) is 0 Å². The van der Waals surface area contributed by atoms with E-state index in [1.165, 1.54) is 12.8 Å². The number of nitrogens with zero attached hydrogens (tertiary/aromatic N) is 1. The highest BCUT2D eigenvalue weighted by Crippen LogP contribution is 2.37. The third-order valence-electron chi connectivity index (χ3n) is 4.30. The summed E-state index contributed by atoms with van der Waals surface area (Å²) in [5, 5.41) is 0.612. The minimum Gasteiger partial charge on any atom is -0.489 e. The van der Waals surface area contributed by atoms with Crippen molar-refractivity contribution in [3.8, 4) is 5.75 Å². The molecule has 1 unspecified atom stereocenters. The molecule has 2 heterocycles. The average molecular weight is 267 g/mol. The minimum atomic E-state index is 0.292. The van der Waals surface area contributed by atoms with Crippen molar-refractivity contribution >= 4 is 17.3 Å². The lowest BCUT2D eigenvalue weighted by atomic mass is 10.0. The summed E-state index contributed by atoms with van der Waals surface area (Å²) in [6.45, 7) is 0. The highest BCUT2D eigenvalue weighted by atomic mass is 35.5. The zero-order valence-electron chi connectivity index (χ0n) is 10.6. The van der Waals surface area contributed by atoms with Gasteiger partial charge >= 0.3 is 0 Å². The van der Waals surface area contributed by atoms with Crippen LogP contribution in [0.3, 0.4) is 0 Å². The molecule has 1 aromatic carbocycles. The topological polar surface area (TPSA) is 38.5 Å². The number of hydrogen-bond acceptors (Lipinski definition) is 3. The number of halogens is 1. The zero-order valence-corrected chi connectivity index (χ0v) is 11.4. The number of fused-ring (bicyclic) bond motifs is 2. The van der Waals surface area contributed by atoms with E-state index in [-0.39, 0.29) is 0 Å². The van der Waals surface area contributed by atoms with Crippen molar-refractivity contribution in [2.24, 2.45) is 0 Å². The van der Waals surface area contributed by atoms with Gasteiger partial charge in [-0.25, -0.2) is 0 Å². The van der Waals surface area contributed by atoms with Crippen molar-refractivity contribution in [2.45, 2.75) is 43.9 Å². The molecule has 4 heteroatoms. The van der Waals surface area contributed by atoms with Gasteiger partial charge in [-0.15, -0.1) is 0 Å². The summed E-state index contributed by atoms with van der Waals surface area (Å²) >= 11 is 6.15. The van der Waals surface area contributed by atoms with Crippen molar-refractivity contribution in [3.63, 3.8) is 0 Å². The second kappa shape index (κ2) is 4.63. The van der Waals surface area contributed by atoms with Crippen LogP contribution in [-0.4, -0.2) is 30.1 Å². The maximum atomic E-state index is 6.15. The van der Waals surface area contributed by atoms with E-state index < -0.39 is 0 Å². The number of ether oxygens (including phenoxy) is 1. The van der Waals surface area contributed by atoms with Crippen LogP contribution in [0.2, 0.25) is 5.02 Å². The van der Waals surface area contributed by atoms with Crippen molar-refractivity contribution in [2.75, 3.05) is 12.8 Å². The van der Waals surface area contributed by atoms with Gasteiger partial charge in [-0.3, -0.25) is 0 Å². The molecule has 2 aliphatic rings. The highest BCUT2D eigenvalue weighted by Gasteiger charge is 2.39. The first kappa shape index (κ1) is 12.1. The fraction of sp³-hybridized carbons (Fsp3) is 0.571. The maximum Gasteiger partial charge on any atom is 0.138 e. The standard InChI is InChI=1S/C14H19ClN2O/c1-17-10-3-4-11(17)8-12(7-10)18-14-5-2-9(16)6-13(14)15/h2,5-6,10-12H,3-4,7-8,16H2,1H3/t10-,11+,12?. The quantitative estimate of drug-likeness (QED) is 0.837. The molecule has 2 saturated heterocycles. The predicted molar refractivity (Wildman–Crippen MR) is 74.1 cm³/mol. The van der Waals surface area contributed by atoms with Crippen LogP contribution in [0.25, 0.3) is 0 Å². The third-order valence-corrected chi connectivity index (χ3v) is 4.60. The fourth-order valence-corrected chi connectivity index (χ4v) is 3.48. The van der Waals surface area contributed by atoms with Crippen molar-refractivity contribution in [1.29, 1.82) is 0 Å². The first-order valence-corrected chi connectivity index (χ1v) is 6.95. The average Bonchev–Trinajstić information content (AvgIpc) is 2.57. The monoisotopic (exact) mass is 266 g/mol. The Kier molecular flexibility index (Phi) is 3.12. The molecule has 2 fully saturated rings. The molecule has 0 amide bonds. The Labute approximate surface area is 113 Å². The first-order chi connectivity index (χ1) is 8.63. The van der Waals surface area contributed by atoms with Gasteiger partial charge in [0.1, 0.15) is 11.9 Å². The molecule has 2 bridgehead atoms. The number of rotatable bonds is 2. The molecular weight excluding hydrogens is 248 g/mol. The fourth-order valence-electron chi connectivity index (χ4n) is 3.25. The number of piperidine rings is 1. The summed E-state index contributed by atoms with van der Waals surface area (Å²) < 4.78 is 6.06. The minimum absolute atomic E-state index is 0.292. The van der Waals surface area contributed by atoms with Crippen LogP contribution >= 0.6 is 11.6 Å². The molecular formula is C14H19ClN2O. The largest absolute Gasteiger partial charge is 0.489 e. The van der Waals surface area contributed by atoms with Gasteiger partial charge in [0.15, 0.2) is 0 Å². The molecule has 0 saturated carbocycles. The molecule has 2 aliphatic heterocycles. The van der Waals surface area contributed by atoms with Crippen LogP contribution in [0.1, 0.15) is 25.7 Å². The van der Waals surface area contributed by atoms with Gasteiger partial charge < -0.3 is 15.4 Å². The van der Waals surface area contributed by atoms with Gasteiger partial charge in [0.05, 0.1) is 5.02 Å². The van der Waals surface area contributed by atoms with Gasteiger partial charge in [-0.1, -0.05) is 11.6 Å². The van der Waals surface area contributed by atoms with E-state index in [4.69, 9.17) is 22.1 Å². The van der Waals surface area contributed by atoms with Crippen LogP contribution in [0.5, 0.6) is 5.75 Å². The molecule has 3 rings (SSSR count). The van der Waals surface area contributed by atoms with E-state index in [0.717, 1.165) is 18.6 Å². The molecule has 3 nitrogen and oxygen atoms in total. The molecule has 1 aromatic rings. The summed E-state index contributed by atoms with van der Waals surface area (Å²) in [6.07, 6.45) is 5.11.